The standard InChI is InChI=1S/C11H12ClN5O2S2/c12-8-3-7(4-10(5-8)21(13,18)19)6-20-11-14-15-16-17(11)9-1-2-9/h3-5,9H,1-2,6H2,(H2,13,18,19). The summed E-state index contributed by atoms with van der Waals surface area (Å²) in [4.78, 5) is 0.00684. The fourth-order valence-corrected chi connectivity index (χ4v) is 3.65. The summed E-state index contributed by atoms with van der Waals surface area (Å²) in [5, 5.41) is 17.8. The van der Waals surface area contributed by atoms with Crippen LogP contribution in [-0.4, -0.2) is 28.6 Å². The summed E-state index contributed by atoms with van der Waals surface area (Å²) >= 11 is 7.37. The second-order valence-electron chi connectivity index (χ2n) is 4.77. The first-order valence-corrected chi connectivity index (χ1v) is 9.07. The monoisotopic (exact) mass is 345 g/mol. The molecule has 1 aliphatic rings. The van der Waals surface area contributed by atoms with Crippen molar-refractivity contribution >= 4 is 33.4 Å². The van der Waals surface area contributed by atoms with E-state index in [0.29, 0.717) is 16.8 Å². The number of nitrogens with zero attached hydrogens (tertiary/aromatic N) is 4. The van der Waals surface area contributed by atoms with Crippen molar-refractivity contribution in [3.05, 3.63) is 28.8 Å². The molecule has 1 aromatic heterocycles. The van der Waals surface area contributed by atoms with Crippen LogP contribution in [0.2, 0.25) is 5.02 Å². The maximum Gasteiger partial charge on any atom is 0.238 e. The zero-order valence-corrected chi connectivity index (χ0v) is 13.2. The van der Waals surface area contributed by atoms with Gasteiger partial charge in [-0.15, -0.1) is 5.10 Å². The minimum Gasteiger partial charge on any atom is -0.225 e. The van der Waals surface area contributed by atoms with Crippen molar-refractivity contribution in [3.8, 4) is 0 Å². The molecule has 10 heteroatoms. The van der Waals surface area contributed by atoms with Crippen LogP contribution in [0.3, 0.4) is 0 Å². The number of nitrogens with two attached hydrogens (primary N) is 1. The van der Waals surface area contributed by atoms with Gasteiger partial charge in [0.2, 0.25) is 15.2 Å². The summed E-state index contributed by atoms with van der Waals surface area (Å²) in [6, 6.07) is 4.94. The molecule has 0 saturated heterocycles. The summed E-state index contributed by atoms with van der Waals surface area (Å²) in [7, 11) is -3.77. The van der Waals surface area contributed by atoms with Gasteiger partial charge in [0.25, 0.3) is 0 Å². The molecule has 0 bridgehead atoms. The molecule has 1 aromatic carbocycles. The Balaban J connectivity index is 1.78. The van der Waals surface area contributed by atoms with Crippen LogP contribution >= 0.6 is 23.4 Å². The number of hydrogen-bond donors (Lipinski definition) is 1. The third kappa shape index (κ3) is 3.54. The van der Waals surface area contributed by atoms with E-state index in [4.69, 9.17) is 16.7 Å². The molecule has 7 nitrogen and oxygen atoms in total. The number of thioether (sulfide) groups is 1. The molecule has 0 amide bonds. The lowest BCUT2D eigenvalue weighted by atomic mass is 10.2. The van der Waals surface area contributed by atoms with Gasteiger partial charge in [-0.2, -0.15) is 0 Å². The molecule has 0 aliphatic heterocycles. The number of hydrogen-bond acceptors (Lipinski definition) is 6. The number of halogens is 1. The molecule has 2 N–H and O–H groups in total. The number of aromatic nitrogens is 4. The number of sulfonamides is 1. The van der Waals surface area contributed by atoms with Crippen molar-refractivity contribution in [1.82, 2.24) is 20.2 Å². The largest absolute Gasteiger partial charge is 0.238 e. The van der Waals surface area contributed by atoms with Crippen molar-refractivity contribution in [3.63, 3.8) is 0 Å². The number of benzene rings is 1. The Kier molecular flexibility index (Phi) is 3.91. The summed E-state index contributed by atoms with van der Waals surface area (Å²) in [6.07, 6.45) is 2.18. The molecule has 3 rings (SSSR count). The summed E-state index contributed by atoms with van der Waals surface area (Å²) in [6.45, 7) is 0. The predicted molar refractivity (Wildman–Crippen MR) is 78.5 cm³/mol. The molecule has 1 aliphatic carbocycles. The first kappa shape index (κ1) is 14.8. The van der Waals surface area contributed by atoms with Gasteiger partial charge in [-0.1, -0.05) is 23.4 Å². The maximum absolute atomic E-state index is 11.4. The third-order valence-corrected chi connectivity index (χ3v) is 5.10. The van der Waals surface area contributed by atoms with Crippen molar-refractivity contribution in [1.29, 1.82) is 0 Å². The van der Waals surface area contributed by atoms with Gasteiger partial charge in [-0.25, -0.2) is 18.2 Å². The molecular formula is C11H12ClN5O2S2. The van der Waals surface area contributed by atoms with Gasteiger partial charge in [-0.05, 0) is 47.0 Å². The first-order valence-electron chi connectivity index (χ1n) is 6.16. The Hall–Kier alpha value is -1.16. The number of rotatable bonds is 5. The quantitative estimate of drug-likeness (QED) is 0.825. The zero-order chi connectivity index (χ0) is 15.0. The van der Waals surface area contributed by atoms with E-state index in [1.54, 1.807) is 10.7 Å². The van der Waals surface area contributed by atoms with Crippen LogP contribution in [0.5, 0.6) is 0 Å². The van der Waals surface area contributed by atoms with Crippen LogP contribution in [0.25, 0.3) is 0 Å². The van der Waals surface area contributed by atoms with Crippen molar-refractivity contribution < 1.29 is 8.42 Å². The lowest BCUT2D eigenvalue weighted by Crippen LogP contribution is -2.12. The molecule has 1 saturated carbocycles. The van der Waals surface area contributed by atoms with Gasteiger partial charge in [0.05, 0.1) is 10.9 Å². The van der Waals surface area contributed by atoms with Crippen LogP contribution in [0.1, 0.15) is 24.4 Å². The van der Waals surface area contributed by atoms with Crippen molar-refractivity contribution in [2.24, 2.45) is 5.14 Å². The Labute approximate surface area is 130 Å². The minimum absolute atomic E-state index is 0.00684. The molecule has 0 atom stereocenters. The van der Waals surface area contributed by atoms with Gasteiger partial charge in [0.1, 0.15) is 0 Å². The van der Waals surface area contributed by atoms with Gasteiger partial charge in [-0.3, -0.25) is 0 Å². The molecular weight excluding hydrogens is 334 g/mol. The van der Waals surface area contributed by atoms with E-state index in [2.05, 4.69) is 15.5 Å². The lowest BCUT2D eigenvalue weighted by molar-refractivity contribution is 0.565. The average Bonchev–Trinajstić information content (AvgIpc) is 3.14. The molecule has 21 heavy (non-hydrogen) atoms. The van der Waals surface area contributed by atoms with E-state index in [0.717, 1.165) is 23.6 Å². The molecule has 2 aromatic rings. The molecule has 0 unspecified atom stereocenters. The van der Waals surface area contributed by atoms with E-state index in [-0.39, 0.29) is 4.90 Å². The summed E-state index contributed by atoms with van der Waals surface area (Å²) in [5.74, 6) is 0.510. The Morgan fingerprint density at radius 2 is 2.14 bits per heavy atom. The highest BCUT2D eigenvalue weighted by atomic mass is 35.5. The van der Waals surface area contributed by atoms with Gasteiger partial charge in [0.15, 0.2) is 0 Å². The Morgan fingerprint density at radius 3 is 2.81 bits per heavy atom. The highest BCUT2D eigenvalue weighted by Crippen LogP contribution is 2.37. The fourth-order valence-electron chi connectivity index (χ4n) is 1.84. The van der Waals surface area contributed by atoms with Crippen molar-refractivity contribution in [2.45, 2.75) is 34.7 Å². The molecule has 1 heterocycles. The highest BCUT2D eigenvalue weighted by Gasteiger charge is 2.27. The smallest absolute Gasteiger partial charge is 0.225 e. The van der Waals surface area contributed by atoms with Gasteiger partial charge in [0, 0.05) is 10.8 Å². The zero-order valence-electron chi connectivity index (χ0n) is 10.8. The van der Waals surface area contributed by atoms with E-state index in [1.165, 1.54) is 23.9 Å². The fraction of sp³-hybridized carbons (Fsp3) is 0.364. The summed E-state index contributed by atoms with van der Waals surface area (Å²) < 4.78 is 24.6. The highest BCUT2D eigenvalue weighted by molar-refractivity contribution is 7.98. The van der Waals surface area contributed by atoms with Crippen molar-refractivity contribution in [2.75, 3.05) is 0 Å². The van der Waals surface area contributed by atoms with Crippen LogP contribution in [0.4, 0.5) is 0 Å². The second-order valence-corrected chi connectivity index (χ2v) is 7.71. The SMILES string of the molecule is NS(=O)(=O)c1cc(Cl)cc(CSc2nnnn2C2CC2)c1. The lowest BCUT2D eigenvalue weighted by Gasteiger charge is -2.05. The number of primary sulfonamides is 1. The van der Waals surface area contributed by atoms with E-state index in [1.807, 2.05) is 0 Å². The van der Waals surface area contributed by atoms with Crippen LogP contribution < -0.4 is 5.14 Å². The van der Waals surface area contributed by atoms with Crippen LogP contribution in [-0.2, 0) is 15.8 Å². The van der Waals surface area contributed by atoms with E-state index in [9.17, 15) is 8.42 Å². The Bertz CT molecular complexity index is 773. The molecule has 112 valence electrons. The topological polar surface area (TPSA) is 104 Å². The van der Waals surface area contributed by atoms with Crippen LogP contribution in [0, 0.1) is 0 Å². The van der Waals surface area contributed by atoms with Crippen LogP contribution in [0.15, 0.2) is 28.3 Å². The predicted octanol–water partition coefficient (Wildman–Crippen LogP) is 1.60. The second kappa shape index (κ2) is 5.56. The maximum atomic E-state index is 11.4. The minimum atomic E-state index is -3.77. The van der Waals surface area contributed by atoms with Gasteiger partial charge < -0.3 is 0 Å². The average molecular weight is 346 g/mol. The number of tetrazole rings is 1. The van der Waals surface area contributed by atoms with E-state index >= 15 is 0 Å². The molecule has 0 spiro atoms. The first-order chi connectivity index (χ1) is 9.93. The summed E-state index contributed by atoms with van der Waals surface area (Å²) in [5.41, 5.74) is 0.752. The Morgan fingerprint density at radius 1 is 1.38 bits per heavy atom. The third-order valence-electron chi connectivity index (χ3n) is 2.98. The van der Waals surface area contributed by atoms with E-state index < -0.39 is 10.0 Å². The molecule has 1 fully saturated rings. The van der Waals surface area contributed by atoms with Gasteiger partial charge >= 0.3 is 0 Å². The normalized spacial score (nSPS) is 15.3. The molecule has 0 radical (unpaired) electrons.